The van der Waals surface area contributed by atoms with Crippen molar-refractivity contribution >= 4 is 33.2 Å². The van der Waals surface area contributed by atoms with Crippen LogP contribution in [0, 0.1) is 11.7 Å². The number of hydrogen-bond acceptors (Lipinski definition) is 3. The Morgan fingerprint density at radius 2 is 1.70 bits per heavy atom. The highest BCUT2D eigenvalue weighted by Gasteiger charge is 2.32. The van der Waals surface area contributed by atoms with Gasteiger partial charge in [0.25, 0.3) is 0 Å². The summed E-state index contributed by atoms with van der Waals surface area (Å²) >= 11 is 5.86. The van der Waals surface area contributed by atoms with Gasteiger partial charge in [0, 0.05) is 24.0 Å². The molecule has 0 spiro atoms. The number of anilines is 1. The summed E-state index contributed by atoms with van der Waals surface area (Å²) in [4.78, 5) is 12.7. The van der Waals surface area contributed by atoms with Crippen LogP contribution in [0.5, 0.6) is 0 Å². The van der Waals surface area contributed by atoms with E-state index >= 15 is 0 Å². The van der Waals surface area contributed by atoms with Gasteiger partial charge in [-0.2, -0.15) is 4.31 Å². The van der Waals surface area contributed by atoms with E-state index in [1.54, 1.807) is 12.1 Å². The molecule has 162 valence electrons. The molecule has 0 aliphatic carbocycles. The van der Waals surface area contributed by atoms with Crippen LogP contribution in [0.2, 0.25) is 5.02 Å². The van der Waals surface area contributed by atoms with E-state index in [1.807, 2.05) is 12.1 Å². The van der Waals surface area contributed by atoms with E-state index in [0.717, 1.165) is 5.56 Å². The lowest BCUT2D eigenvalue weighted by atomic mass is 9.87. The summed E-state index contributed by atoms with van der Waals surface area (Å²) in [5.41, 5.74) is 1.03. The summed E-state index contributed by atoms with van der Waals surface area (Å²) in [6.45, 7) is 6.68. The number of sulfonamides is 1. The van der Waals surface area contributed by atoms with Gasteiger partial charge in [0.15, 0.2) is 0 Å². The molecule has 1 aliphatic rings. The first-order valence-electron chi connectivity index (χ1n) is 9.85. The average Bonchev–Trinajstić information content (AvgIpc) is 2.70. The summed E-state index contributed by atoms with van der Waals surface area (Å²) in [6.07, 6.45) is 0.737. The molecule has 0 bridgehead atoms. The molecule has 1 heterocycles. The normalized spacial score (nSPS) is 16.4. The van der Waals surface area contributed by atoms with Crippen molar-refractivity contribution in [3.8, 4) is 0 Å². The maximum absolute atomic E-state index is 13.8. The van der Waals surface area contributed by atoms with Crippen molar-refractivity contribution in [2.45, 2.75) is 43.9 Å². The minimum absolute atomic E-state index is 0.0292. The maximum atomic E-state index is 13.8. The van der Waals surface area contributed by atoms with Crippen molar-refractivity contribution in [3.63, 3.8) is 0 Å². The van der Waals surface area contributed by atoms with Gasteiger partial charge in [0.2, 0.25) is 15.9 Å². The fourth-order valence-electron chi connectivity index (χ4n) is 3.46. The highest BCUT2D eigenvalue weighted by Crippen LogP contribution is 2.28. The van der Waals surface area contributed by atoms with Crippen LogP contribution in [0.3, 0.4) is 0 Å². The number of nitrogens with zero attached hydrogens (tertiary/aromatic N) is 1. The summed E-state index contributed by atoms with van der Waals surface area (Å²) in [6, 6.07) is 10.9. The number of carbonyl (C=O) groups excluding carboxylic acids is 1. The third-order valence-electron chi connectivity index (χ3n) is 5.37. The van der Waals surface area contributed by atoms with Crippen LogP contribution in [-0.4, -0.2) is 31.7 Å². The molecule has 2 aromatic carbocycles. The zero-order valence-corrected chi connectivity index (χ0v) is 18.9. The molecule has 30 heavy (non-hydrogen) atoms. The molecule has 1 fully saturated rings. The molecule has 1 aliphatic heterocycles. The molecule has 0 aromatic heterocycles. The first-order valence-corrected chi connectivity index (χ1v) is 11.7. The second kappa shape index (κ2) is 8.65. The maximum Gasteiger partial charge on any atom is 0.243 e. The first kappa shape index (κ1) is 22.7. The average molecular weight is 453 g/mol. The number of amides is 1. The van der Waals surface area contributed by atoms with E-state index in [-0.39, 0.29) is 35.0 Å². The molecule has 0 radical (unpaired) electrons. The van der Waals surface area contributed by atoms with E-state index in [4.69, 9.17) is 11.6 Å². The first-order chi connectivity index (χ1) is 14.0. The van der Waals surface area contributed by atoms with Gasteiger partial charge in [-0.25, -0.2) is 12.8 Å². The number of carbonyl (C=O) groups is 1. The molecule has 1 saturated heterocycles. The van der Waals surface area contributed by atoms with Crippen molar-refractivity contribution in [2.75, 3.05) is 18.4 Å². The topological polar surface area (TPSA) is 66.5 Å². The molecular formula is C22H26ClFN2O3S. The fraction of sp³-hybridized carbons (Fsp3) is 0.409. The quantitative estimate of drug-likeness (QED) is 0.723. The Hall–Kier alpha value is -1.96. The molecule has 1 amide bonds. The van der Waals surface area contributed by atoms with E-state index in [9.17, 15) is 17.6 Å². The van der Waals surface area contributed by atoms with Crippen molar-refractivity contribution in [1.29, 1.82) is 0 Å². The summed E-state index contributed by atoms with van der Waals surface area (Å²) < 4.78 is 41.2. The minimum atomic E-state index is -3.62. The molecule has 1 N–H and O–H groups in total. The number of nitrogens with one attached hydrogen (secondary N) is 1. The smallest absolute Gasteiger partial charge is 0.243 e. The number of hydrogen-bond donors (Lipinski definition) is 1. The lowest BCUT2D eigenvalue weighted by Crippen LogP contribution is -2.41. The lowest BCUT2D eigenvalue weighted by Gasteiger charge is -2.30. The van der Waals surface area contributed by atoms with Gasteiger partial charge in [-0.15, -0.1) is 0 Å². The largest absolute Gasteiger partial charge is 0.323 e. The summed E-state index contributed by atoms with van der Waals surface area (Å²) in [7, 11) is -3.62. The van der Waals surface area contributed by atoms with E-state index in [1.165, 1.54) is 22.5 Å². The van der Waals surface area contributed by atoms with Crippen LogP contribution in [0.4, 0.5) is 10.1 Å². The highest BCUT2D eigenvalue weighted by atomic mass is 35.5. The third kappa shape index (κ3) is 5.02. The molecule has 0 unspecified atom stereocenters. The summed E-state index contributed by atoms with van der Waals surface area (Å²) in [5.74, 6) is -1.28. The third-order valence-corrected chi connectivity index (χ3v) is 7.52. The molecule has 2 aromatic rings. The van der Waals surface area contributed by atoms with Crippen LogP contribution in [0.25, 0.3) is 0 Å². The number of piperidine rings is 1. The second-order valence-corrected chi connectivity index (χ2v) is 10.9. The Bertz CT molecular complexity index is 1030. The summed E-state index contributed by atoms with van der Waals surface area (Å²) in [5, 5.41) is 2.88. The van der Waals surface area contributed by atoms with Gasteiger partial charge in [0.1, 0.15) is 5.82 Å². The van der Waals surface area contributed by atoms with E-state index < -0.39 is 21.8 Å². The van der Waals surface area contributed by atoms with Gasteiger partial charge in [0.05, 0.1) is 10.6 Å². The van der Waals surface area contributed by atoms with Crippen molar-refractivity contribution in [3.05, 3.63) is 58.9 Å². The van der Waals surface area contributed by atoms with Gasteiger partial charge in [-0.1, -0.05) is 44.5 Å². The minimum Gasteiger partial charge on any atom is -0.323 e. The standard InChI is InChI=1S/C22H26ClFN2O3S/c1-22(2,3)16-4-7-18(8-5-16)30(28,29)26-12-10-15(11-13-26)21(27)25-20-14-17(23)6-9-19(20)24/h4-9,14-15H,10-13H2,1-3H3,(H,25,27). The van der Waals surface area contributed by atoms with Crippen LogP contribution in [-0.2, 0) is 20.2 Å². The Morgan fingerprint density at radius 3 is 2.27 bits per heavy atom. The van der Waals surface area contributed by atoms with Crippen molar-refractivity contribution < 1.29 is 17.6 Å². The van der Waals surface area contributed by atoms with Gasteiger partial charge < -0.3 is 5.32 Å². The van der Waals surface area contributed by atoms with Crippen LogP contribution < -0.4 is 5.32 Å². The van der Waals surface area contributed by atoms with Crippen LogP contribution in [0.1, 0.15) is 39.2 Å². The monoisotopic (exact) mass is 452 g/mol. The second-order valence-electron chi connectivity index (χ2n) is 8.57. The molecule has 0 atom stereocenters. The van der Waals surface area contributed by atoms with Crippen molar-refractivity contribution in [2.24, 2.45) is 5.92 Å². The number of benzene rings is 2. The Labute approximate surface area is 182 Å². The van der Waals surface area contributed by atoms with Gasteiger partial charge in [-0.05, 0) is 54.2 Å². The SMILES string of the molecule is CC(C)(C)c1ccc(S(=O)(=O)N2CCC(C(=O)Nc3cc(Cl)ccc3F)CC2)cc1. The number of halogens is 2. The Balaban J connectivity index is 1.64. The number of rotatable bonds is 4. The Kier molecular flexibility index (Phi) is 6.55. The van der Waals surface area contributed by atoms with E-state index in [0.29, 0.717) is 17.9 Å². The van der Waals surface area contributed by atoms with Gasteiger partial charge >= 0.3 is 0 Å². The van der Waals surface area contributed by atoms with Crippen LogP contribution in [0.15, 0.2) is 47.4 Å². The molecule has 8 heteroatoms. The predicted octanol–water partition coefficient (Wildman–Crippen LogP) is 4.82. The van der Waals surface area contributed by atoms with Crippen molar-refractivity contribution in [1.82, 2.24) is 4.31 Å². The lowest BCUT2D eigenvalue weighted by molar-refractivity contribution is -0.120. The zero-order chi connectivity index (χ0) is 22.1. The fourth-order valence-corrected chi connectivity index (χ4v) is 5.10. The van der Waals surface area contributed by atoms with Crippen LogP contribution >= 0.6 is 11.6 Å². The predicted molar refractivity (Wildman–Crippen MR) is 117 cm³/mol. The van der Waals surface area contributed by atoms with E-state index in [2.05, 4.69) is 26.1 Å². The zero-order valence-electron chi connectivity index (χ0n) is 17.3. The van der Waals surface area contributed by atoms with Gasteiger partial charge in [-0.3, -0.25) is 4.79 Å². The molecule has 0 saturated carbocycles. The Morgan fingerprint density at radius 1 is 1.10 bits per heavy atom. The molecule has 5 nitrogen and oxygen atoms in total. The molecular weight excluding hydrogens is 427 g/mol. The highest BCUT2D eigenvalue weighted by molar-refractivity contribution is 7.89. The molecule has 3 rings (SSSR count).